The second-order valence-electron chi connectivity index (χ2n) is 5.73. The van der Waals surface area contributed by atoms with Crippen molar-refractivity contribution in [2.45, 2.75) is 38.5 Å². The van der Waals surface area contributed by atoms with Crippen LogP contribution in [0.15, 0.2) is 35.2 Å². The van der Waals surface area contributed by atoms with Gasteiger partial charge in [-0.1, -0.05) is 44.2 Å². The van der Waals surface area contributed by atoms with Crippen molar-refractivity contribution in [1.82, 2.24) is 14.5 Å². The topological polar surface area (TPSA) is 92.3 Å². The van der Waals surface area contributed by atoms with Gasteiger partial charge >= 0.3 is 0 Å². The summed E-state index contributed by atoms with van der Waals surface area (Å²) in [5, 5.41) is 12.0. The Morgan fingerprint density at radius 2 is 1.81 bits per heavy atom. The second-order valence-corrected chi connectivity index (χ2v) is 8.73. The number of nitrogens with one attached hydrogen (secondary N) is 1. The van der Waals surface area contributed by atoms with E-state index in [0.717, 1.165) is 23.4 Å². The molecule has 0 aliphatic heterocycles. The lowest BCUT2D eigenvalue weighted by molar-refractivity contribution is -0.111. The van der Waals surface area contributed by atoms with E-state index in [-0.39, 0.29) is 10.8 Å². The van der Waals surface area contributed by atoms with Gasteiger partial charge in [0.15, 0.2) is 0 Å². The van der Waals surface area contributed by atoms with Crippen molar-refractivity contribution >= 4 is 38.5 Å². The number of rotatable bonds is 9. The number of benzene rings is 1. The maximum absolute atomic E-state index is 12.5. The number of aromatic nitrogens is 2. The Kier molecular flexibility index (Phi) is 7.64. The van der Waals surface area contributed by atoms with Crippen LogP contribution < -0.4 is 5.32 Å². The summed E-state index contributed by atoms with van der Waals surface area (Å²) in [6.45, 7) is 6.51. The molecule has 0 aliphatic rings. The first-order chi connectivity index (χ1) is 12.9. The molecule has 1 heterocycles. The zero-order valence-corrected chi connectivity index (χ0v) is 17.3. The van der Waals surface area contributed by atoms with Gasteiger partial charge in [0.2, 0.25) is 21.1 Å². The summed E-state index contributed by atoms with van der Waals surface area (Å²) in [6.07, 6.45) is 4.82. The molecule has 0 aliphatic carbocycles. The van der Waals surface area contributed by atoms with Crippen molar-refractivity contribution in [2.24, 2.45) is 0 Å². The van der Waals surface area contributed by atoms with Crippen LogP contribution in [0.1, 0.15) is 37.8 Å². The van der Waals surface area contributed by atoms with E-state index in [0.29, 0.717) is 18.2 Å². The first-order valence-electron chi connectivity index (χ1n) is 8.82. The van der Waals surface area contributed by atoms with Crippen molar-refractivity contribution in [2.75, 3.05) is 18.4 Å². The van der Waals surface area contributed by atoms with Crippen molar-refractivity contribution in [3.8, 4) is 0 Å². The molecular formula is C18H24N4O3S2. The molecule has 27 heavy (non-hydrogen) atoms. The average Bonchev–Trinajstić information content (AvgIpc) is 3.08. The smallest absolute Gasteiger partial charge is 0.250 e. The standard InChI is InChI=1S/C18H24N4O3S2/c1-4-7-17-20-21-18(26-17)19-16(23)13-10-14-8-11-15(12-9-14)27(24,25)22(5-2)6-3/h8-13H,4-7H2,1-3H3,(H,19,21,23)/b13-10+. The Balaban J connectivity index is 2.01. The number of carbonyl (C=O) groups excluding carboxylic acids is 1. The first-order valence-corrected chi connectivity index (χ1v) is 11.1. The quantitative estimate of drug-likeness (QED) is 0.644. The molecule has 0 fully saturated rings. The van der Waals surface area contributed by atoms with Crippen LogP contribution in [-0.4, -0.2) is 41.9 Å². The zero-order chi connectivity index (χ0) is 19.9. The Hall–Kier alpha value is -2.10. The minimum atomic E-state index is -3.48. The van der Waals surface area contributed by atoms with E-state index < -0.39 is 10.0 Å². The molecule has 0 radical (unpaired) electrons. The molecule has 0 saturated carbocycles. The molecule has 1 aromatic heterocycles. The summed E-state index contributed by atoms with van der Waals surface area (Å²) >= 11 is 1.36. The van der Waals surface area contributed by atoms with Gasteiger partial charge in [0.05, 0.1) is 4.90 Å². The second kappa shape index (κ2) is 9.72. The molecule has 0 atom stereocenters. The molecular weight excluding hydrogens is 384 g/mol. The van der Waals surface area contributed by atoms with Crippen molar-refractivity contribution in [1.29, 1.82) is 0 Å². The fraction of sp³-hybridized carbons (Fsp3) is 0.389. The summed E-state index contributed by atoms with van der Waals surface area (Å²) < 4.78 is 26.3. The Morgan fingerprint density at radius 1 is 1.15 bits per heavy atom. The summed E-state index contributed by atoms with van der Waals surface area (Å²) in [6, 6.07) is 6.44. The monoisotopic (exact) mass is 408 g/mol. The number of nitrogens with zero attached hydrogens (tertiary/aromatic N) is 3. The van der Waals surface area contributed by atoms with Gasteiger partial charge in [0.25, 0.3) is 0 Å². The van der Waals surface area contributed by atoms with Crippen LogP contribution in [0.5, 0.6) is 0 Å². The Bertz CT molecular complexity index is 886. The third kappa shape index (κ3) is 5.69. The zero-order valence-electron chi connectivity index (χ0n) is 15.7. The van der Waals surface area contributed by atoms with Crippen LogP contribution in [0.2, 0.25) is 0 Å². The van der Waals surface area contributed by atoms with Gasteiger partial charge in [0.1, 0.15) is 5.01 Å². The predicted molar refractivity (Wildman–Crippen MR) is 108 cm³/mol. The summed E-state index contributed by atoms with van der Waals surface area (Å²) in [7, 11) is -3.48. The molecule has 0 saturated heterocycles. The van der Waals surface area contributed by atoms with Crippen LogP contribution >= 0.6 is 11.3 Å². The highest BCUT2D eigenvalue weighted by Crippen LogP contribution is 2.18. The lowest BCUT2D eigenvalue weighted by Crippen LogP contribution is -2.30. The molecule has 0 spiro atoms. The third-order valence-corrected chi connectivity index (χ3v) is 6.77. The normalized spacial score (nSPS) is 12.0. The molecule has 1 aromatic carbocycles. The fourth-order valence-corrected chi connectivity index (χ4v) is 4.70. The van der Waals surface area contributed by atoms with E-state index in [2.05, 4.69) is 22.4 Å². The number of aryl methyl sites for hydroxylation is 1. The van der Waals surface area contributed by atoms with E-state index in [1.807, 2.05) is 0 Å². The van der Waals surface area contributed by atoms with Gasteiger partial charge in [-0.2, -0.15) is 4.31 Å². The number of amides is 1. The van der Waals surface area contributed by atoms with Crippen LogP contribution in [0.4, 0.5) is 5.13 Å². The Labute approximate surface area is 164 Å². The van der Waals surface area contributed by atoms with E-state index in [4.69, 9.17) is 0 Å². The highest BCUT2D eigenvalue weighted by Gasteiger charge is 2.20. The number of hydrogen-bond donors (Lipinski definition) is 1. The van der Waals surface area contributed by atoms with Crippen LogP contribution in [-0.2, 0) is 21.2 Å². The predicted octanol–water partition coefficient (Wildman–Crippen LogP) is 3.17. The lowest BCUT2D eigenvalue weighted by atomic mass is 10.2. The lowest BCUT2D eigenvalue weighted by Gasteiger charge is -2.18. The van der Waals surface area contributed by atoms with Crippen molar-refractivity contribution in [3.05, 3.63) is 40.9 Å². The van der Waals surface area contributed by atoms with E-state index in [9.17, 15) is 13.2 Å². The highest BCUT2D eigenvalue weighted by molar-refractivity contribution is 7.89. The first kappa shape index (κ1) is 21.2. The number of sulfonamides is 1. The van der Waals surface area contributed by atoms with Gasteiger partial charge in [-0.3, -0.25) is 10.1 Å². The van der Waals surface area contributed by atoms with Crippen LogP contribution in [0, 0.1) is 0 Å². The molecule has 1 amide bonds. The summed E-state index contributed by atoms with van der Waals surface area (Å²) in [5.74, 6) is -0.311. The largest absolute Gasteiger partial charge is 0.297 e. The molecule has 146 valence electrons. The minimum Gasteiger partial charge on any atom is -0.297 e. The number of carbonyl (C=O) groups is 1. The van der Waals surface area contributed by atoms with Crippen LogP contribution in [0.3, 0.4) is 0 Å². The average molecular weight is 409 g/mol. The van der Waals surface area contributed by atoms with Crippen LogP contribution in [0.25, 0.3) is 6.08 Å². The van der Waals surface area contributed by atoms with Gasteiger partial charge in [0, 0.05) is 25.6 Å². The van der Waals surface area contributed by atoms with E-state index >= 15 is 0 Å². The fourth-order valence-electron chi connectivity index (χ4n) is 2.40. The molecule has 9 heteroatoms. The Morgan fingerprint density at radius 3 is 2.41 bits per heavy atom. The number of hydrogen-bond acceptors (Lipinski definition) is 6. The molecule has 2 rings (SSSR count). The maximum atomic E-state index is 12.5. The van der Waals surface area contributed by atoms with Gasteiger partial charge in [-0.05, 0) is 30.2 Å². The molecule has 1 N–H and O–H groups in total. The van der Waals surface area contributed by atoms with Gasteiger partial charge < -0.3 is 0 Å². The third-order valence-electron chi connectivity index (χ3n) is 3.81. The van der Waals surface area contributed by atoms with Gasteiger partial charge in [-0.25, -0.2) is 8.42 Å². The summed E-state index contributed by atoms with van der Waals surface area (Å²) in [4.78, 5) is 12.2. The maximum Gasteiger partial charge on any atom is 0.250 e. The molecule has 2 aromatic rings. The number of anilines is 1. The van der Waals surface area contributed by atoms with E-state index in [1.54, 1.807) is 44.2 Å². The molecule has 0 bridgehead atoms. The molecule has 7 nitrogen and oxygen atoms in total. The summed E-state index contributed by atoms with van der Waals surface area (Å²) in [5.41, 5.74) is 0.729. The minimum absolute atomic E-state index is 0.241. The van der Waals surface area contributed by atoms with Gasteiger partial charge in [-0.15, -0.1) is 10.2 Å². The van der Waals surface area contributed by atoms with E-state index in [1.165, 1.54) is 21.7 Å². The SMILES string of the molecule is CCCc1nnc(NC(=O)/C=C/c2ccc(S(=O)(=O)N(CC)CC)cc2)s1. The van der Waals surface area contributed by atoms with Crippen molar-refractivity contribution in [3.63, 3.8) is 0 Å². The van der Waals surface area contributed by atoms with Crippen molar-refractivity contribution < 1.29 is 13.2 Å². The molecule has 0 unspecified atom stereocenters. The highest BCUT2D eigenvalue weighted by atomic mass is 32.2.